The first-order valence-corrected chi connectivity index (χ1v) is 7.59. The van der Waals surface area contributed by atoms with Gasteiger partial charge in [-0.05, 0) is 32.6 Å². The Labute approximate surface area is 109 Å². The van der Waals surface area contributed by atoms with Gasteiger partial charge in [-0.15, -0.1) is 0 Å². The zero-order chi connectivity index (χ0) is 13.9. The van der Waals surface area contributed by atoms with E-state index < -0.39 is 16.2 Å². The van der Waals surface area contributed by atoms with E-state index in [-0.39, 0.29) is 18.4 Å². The van der Waals surface area contributed by atoms with Crippen LogP contribution in [0.2, 0.25) is 0 Å². The quantitative estimate of drug-likeness (QED) is 0.778. The molecule has 0 aliphatic carbocycles. The fourth-order valence-corrected chi connectivity index (χ4v) is 3.65. The molecule has 0 radical (unpaired) electrons. The monoisotopic (exact) mass is 278 g/mol. The molecule has 6 nitrogen and oxygen atoms in total. The Morgan fingerprint density at radius 1 is 1.50 bits per heavy atom. The lowest BCUT2D eigenvalue weighted by Gasteiger charge is -2.26. The Morgan fingerprint density at radius 3 is 2.61 bits per heavy atom. The van der Waals surface area contributed by atoms with Crippen molar-refractivity contribution < 1.29 is 18.3 Å². The summed E-state index contributed by atoms with van der Waals surface area (Å²) in [5.74, 6) is -0.660. The smallest absolute Gasteiger partial charge is 0.303 e. The van der Waals surface area contributed by atoms with Crippen molar-refractivity contribution in [2.75, 3.05) is 20.1 Å². The third kappa shape index (κ3) is 3.66. The van der Waals surface area contributed by atoms with Crippen LogP contribution in [0, 0.1) is 5.92 Å². The molecule has 0 aromatic heterocycles. The summed E-state index contributed by atoms with van der Waals surface area (Å²) in [7, 11) is -1.82. The van der Waals surface area contributed by atoms with Crippen LogP contribution in [0.15, 0.2) is 0 Å². The molecule has 1 aliphatic rings. The first-order chi connectivity index (χ1) is 8.25. The van der Waals surface area contributed by atoms with E-state index in [1.807, 2.05) is 13.8 Å². The third-order valence-corrected chi connectivity index (χ3v) is 5.57. The Morgan fingerprint density at radius 2 is 2.11 bits per heavy atom. The lowest BCUT2D eigenvalue weighted by molar-refractivity contribution is -0.137. The summed E-state index contributed by atoms with van der Waals surface area (Å²) >= 11 is 0. The van der Waals surface area contributed by atoms with Crippen LogP contribution in [0.1, 0.15) is 33.1 Å². The summed E-state index contributed by atoms with van der Waals surface area (Å²) < 4.78 is 27.2. The highest BCUT2D eigenvalue weighted by Crippen LogP contribution is 2.25. The molecule has 1 heterocycles. The topological polar surface area (TPSA) is 77.9 Å². The van der Waals surface area contributed by atoms with Gasteiger partial charge in [0.05, 0.1) is 0 Å². The Balaban J connectivity index is 2.58. The van der Waals surface area contributed by atoms with Gasteiger partial charge in [-0.3, -0.25) is 4.79 Å². The summed E-state index contributed by atoms with van der Waals surface area (Å²) in [6.45, 7) is 4.58. The molecule has 1 saturated heterocycles. The van der Waals surface area contributed by atoms with Crippen LogP contribution in [-0.2, 0) is 15.0 Å². The normalized spacial score (nSPS) is 21.9. The van der Waals surface area contributed by atoms with E-state index in [1.54, 1.807) is 7.05 Å². The molecule has 0 aromatic rings. The molecule has 0 spiro atoms. The number of rotatable bonds is 6. The molecule has 1 fully saturated rings. The second-order valence-electron chi connectivity index (χ2n) is 5.06. The van der Waals surface area contributed by atoms with E-state index in [0.717, 1.165) is 6.42 Å². The van der Waals surface area contributed by atoms with Crippen LogP contribution in [-0.4, -0.2) is 54.3 Å². The van der Waals surface area contributed by atoms with Gasteiger partial charge in [-0.2, -0.15) is 17.0 Å². The Kier molecular flexibility index (Phi) is 5.12. The predicted octanol–water partition coefficient (Wildman–Crippen LogP) is 0.758. The van der Waals surface area contributed by atoms with E-state index in [1.165, 1.54) is 8.61 Å². The van der Waals surface area contributed by atoms with Crippen molar-refractivity contribution in [2.45, 2.75) is 39.2 Å². The van der Waals surface area contributed by atoms with Gasteiger partial charge >= 0.3 is 5.97 Å². The lowest BCUT2D eigenvalue weighted by atomic mass is 10.0. The van der Waals surface area contributed by atoms with Crippen LogP contribution in [0.3, 0.4) is 0 Å². The molecule has 18 heavy (non-hydrogen) atoms. The number of nitrogens with zero attached hydrogens (tertiary/aromatic N) is 2. The standard InChI is InChI=1S/C11H22N2O4S/c1-9(2)12(3)18(16,17)13-7-6-10(8-13)4-5-11(14)15/h9-10H,4-8H2,1-3H3,(H,14,15). The summed E-state index contributed by atoms with van der Waals surface area (Å²) in [5, 5.41) is 8.62. The molecule has 0 saturated carbocycles. The summed E-state index contributed by atoms with van der Waals surface area (Å²) in [6.07, 6.45) is 1.41. The molecule has 7 heteroatoms. The highest BCUT2D eigenvalue weighted by molar-refractivity contribution is 7.86. The molecule has 1 aliphatic heterocycles. The van der Waals surface area contributed by atoms with Gasteiger partial charge in [0.1, 0.15) is 0 Å². The minimum atomic E-state index is -3.39. The van der Waals surface area contributed by atoms with Crippen molar-refractivity contribution in [3.63, 3.8) is 0 Å². The van der Waals surface area contributed by atoms with E-state index >= 15 is 0 Å². The van der Waals surface area contributed by atoms with Crippen molar-refractivity contribution in [1.82, 2.24) is 8.61 Å². The Bertz CT molecular complexity index is 394. The first-order valence-electron chi connectivity index (χ1n) is 6.20. The number of carbonyl (C=O) groups is 1. The van der Waals surface area contributed by atoms with Crippen LogP contribution < -0.4 is 0 Å². The molecule has 1 atom stereocenters. The molecule has 1 unspecified atom stereocenters. The highest BCUT2D eigenvalue weighted by Gasteiger charge is 2.34. The van der Waals surface area contributed by atoms with E-state index in [4.69, 9.17) is 5.11 Å². The second kappa shape index (κ2) is 5.99. The second-order valence-corrected chi connectivity index (χ2v) is 7.05. The molecule has 106 valence electrons. The first kappa shape index (κ1) is 15.4. The van der Waals surface area contributed by atoms with Gasteiger partial charge in [0.2, 0.25) is 0 Å². The van der Waals surface area contributed by atoms with Gasteiger partial charge in [0, 0.05) is 32.6 Å². The number of hydrogen-bond donors (Lipinski definition) is 1. The summed E-state index contributed by atoms with van der Waals surface area (Å²) in [6, 6.07) is -0.0759. The van der Waals surface area contributed by atoms with Crippen LogP contribution in [0.25, 0.3) is 0 Å². The zero-order valence-corrected chi connectivity index (χ0v) is 12.0. The number of carboxylic acid groups (broad SMARTS) is 1. The van der Waals surface area contributed by atoms with Crippen molar-refractivity contribution in [3.8, 4) is 0 Å². The number of carboxylic acids is 1. The van der Waals surface area contributed by atoms with Gasteiger partial charge in [-0.1, -0.05) is 0 Å². The summed E-state index contributed by atoms with van der Waals surface area (Å²) in [4.78, 5) is 10.5. The molecule has 0 amide bonds. The van der Waals surface area contributed by atoms with Crippen LogP contribution in [0.4, 0.5) is 0 Å². The van der Waals surface area contributed by atoms with Crippen molar-refractivity contribution in [1.29, 1.82) is 0 Å². The van der Waals surface area contributed by atoms with E-state index in [0.29, 0.717) is 19.5 Å². The average molecular weight is 278 g/mol. The molecule has 1 N–H and O–H groups in total. The maximum atomic E-state index is 12.2. The van der Waals surface area contributed by atoms with Gasteiger partial charge in [0.15, 0.2) is 0 Å². The molecule has 0 aromatic carbocycles. The maximum absolute atomic E-state index is 12.2. The largest absolute Gasteiger partial charge is 0.481 e. The van der Waals surface area contributed by atoms with Crippen molar-refractivity contribution in [3.05, 3.63) is 0 Å². The van der Waals surface area contributed by atoms with Gasteiger partial charge < -0.3 is 5.11 Å². The van der Waals surface area contributed by atoms with E-state index in [9.17, 15) is 13.2 Å². The van der Waals surface area contributed by atoms with E-state index in [2.05, 4.69) is 0 Å². The third-order valence-electron chi connectivity index (χ3n) is 3.43. The van der Waals surface area contributed by atoms with Crippen molar-refractivity contribution in [2.24, 2.45) is 5.92 Å². The van der Waals surface area contributed by atoms with Gasteiger partial charge in [-0.25, -0.2) is 0 Å². The zero-order valence-electron chi connectivity index (χ0n) is 11.2. The summed E-state index contributed by atoms with van der Waals surface area (Å²) in [5.41, 5.74) is 0. The fourth-order valence-electron chi connectivity index (χ4n) is 2.02. The van der Waals surface area contributed by atoms with Crippen LogP contribution >= 0.6 is 0 Å². The highest BCUT2D eigenvalue weighted by atomic mass is 32.2. The maximum Gasteiger partial charge on any atom is 0.303 e. The lowest BCUT2D eigenvalue weighted by Crippen LogP contribution is -2.43. The van der Waals surface area contributed by atoms with Crippen molar-refractivity contribution >= 4 is 16.2 Å². The SMILES string of the molecule is CC(C)N(C)S(=O)(=O)N1CCC(CCC(=O)O)C1. The average Bonchev–Trinajstić information content (AvgIpc) is 2.74. The minimum absolute atomic E-state index is 0.0759. The fraction of sp³-hybridized carbons (Fsp3) is 0.909. The minimum Gasteiger partial charge on any atom is -0.481 e. The molecular formula is C11H22N2O4S. The Hall–Kier alpha value is -0.660. The number of aliphatic carboxylic acids is 1. The molecule has 1 rings (SSSR count). The molecular weight excluding hydrogens is 256 g/mol. The van der Waals surface area contributed by atoms with Gasteiger partial charge in [0.25, 0.3) is 10.2 Å². The molecule has 0 bridgehead atoms. The van der Waals surface area contributed by atoms with Crippen LogP contribution in [0.5, 0.6) is 0 Å². The number of hydrogen-bond acceptors (Lipinski definition) is 3. The predicted molar refractivity (Wildman–Crippen MR) is 68.4 cm³/mol.